The molecule has 1 unspecified atom stereocenters. The number of fused-ring (bicyclic) bond motifs is 1. The van der Waals surface area contributed by atoms with E-state index < -0.39 is 29.2 Å². The van der Waals surface area contributed by atoms with Gasteiger partial charge in [0.05, 0.1) is 26.0 Å². The fourth-order valence-corrected chi connectivity index (χ4v) is 3.36. The summed E-state index contributed by atoms with van der Waals surface area (Å²) in [4.78, 5) is 24.7. The number of nitrogens with zero attached hydrogens (tertiary/aromatic N) is 2. The van der Waals surface area contributed by atoms with Gasteiger partial charge in [-0.15, -0.1) is 0 Å². The molecule has 9 heteroatoms. The van der Waals surface area contributed by atoms with E-state index in [1.54, 1.807) is 31.2 Å². The highest BCUT2D eigenvalue weighted by molar-refractivity contribution is 5.79. The van der Waals surface area contributed by atoms with E-state index in [1.807, 2.05) is 0 Å². The van der Waals surface area contributed by atoms with E-state index in [2.05, 4.69) is 5.10 Å². The maximum Gasteiger partial charge on any atom is 0.422 e. The SMILES string of the molecule is CCOC(=O)C1CCc2c1nn(Cc1ccc(OC)cc1)c(=O)c2C(F)(F)F. The first-order valence-corrected chi connectivity index (χ1v) is 8.76. The maximum atomic E-state index is 13.6. The molecule has 28 heavy (non-hydrogen) atoms. The average molecular weight is 396 g/mol. The average Bonchev–Trinajstić information content (AvgIpc) is 3.05. The van der Waals surface area contributed by atoms with Gasteiger partial charge in [0.15, 0.2) is 0 Å². The molecule has 3 rings (SSSR count). The third-order valence-electron chi connectivity index (χ3n) is 4.65. The zero-order chi connectivity index (χ0) is 20.5. The topological polar surface area (TPSA) is 70.4 Å². The van der Waals surface area contributed by atoms with Crippen molar-refractivity contribution in [1.29, 1.82) is 0 Å². The second-order valence-electron chi connectivity index (χ2n) is 6.39. The molecule has 6 nitrogen and oxygen atoms in total. The zero-order valence-electron chi connectivity index (χ0n) is 15.4. The van der Waals surface area contributed by atoms with Crippen LogP contribution in [0.2, 0.25) is 0 Å². The summed E-state index contributed by atoms with van der Waals surface area (Å²) in [6.45, 7) is 1.57. The number of hydrogen-bond acceptors (Lipinski definition) is 5. The van der Waals surface area contributed by atoms with Gasteiger partial charge in [-0.2, -0.15) is 18.3 Å². The summed E-state index contributed by atoms with van der Waals surface area (Å²) in [5, 5.41) is 4.12. The van der Waals surface area contributed by atoms with Crippen LogP contribution in [0.1, 0.15) is 41.6 Å². The lowest BCUT2D eigenvalue weighted by Crippen LogP contribution is -2.34. The molecule has 0 saturated carbocycles. The van der Waals surface area contributed by atoms with E-state index in [0.717, 1.165) is 4.68 Å². The fourth-order valence-electron chi connectivity index (χ4n) is 3.36. The van der Waals surface area contributed by atoms with Gasteiger partial charge in [0.2, 0.25) is 0 Å². The maximum absolute atomic E-state index is 13.6. The van der Waals surface area contributed by atoms with Gasteiger partial charge >= 0.3 is 12.1 Å². The van der Waals surface area contributed by atoms with Crippen molar-refractivity contribution in [3.63, 3.8) is 0 Å². The summed E-state index contributed by atoms with van der Waals surface area (Å²) in [5.41, 5.74) is -2.13. The van der Waals surface area contributed by atoms with Crippen molar-refractivity contribution in [3.8, 4) is 5.75 Å². The molecular weight excluding hydrogens is 377 g/mol. The Morgan fingerprint density at radius 2 is 1.96 bits per heavy atom. The van der Waals surface area contributed by atoms with Crippen LogP contribution in [0.25, 0.3) is 0 Å². The molecule has 0 radical (unpaired) electrons. The zero-order valence-corrected chi connectivity index (χ0v) is 15.4. The summed E-state index contributed by atoms with van der Waals surface area (Å²) in [6, 6.07) is 6.55. The van der Waals surface area contributed by atoms with Crippen molar-refractivity contribution in [2.45, 2.75) is 38.4 Å². The lowest BCUT2D eigenvalue weighted by atomic mass is 10.1. The van der Waals surface area contributed by atoms with Crippen molar-refractivity contribution >= 4 is 5.97 Å². The number of ether oxygens (including phenoxy) is 2. The highest BCUT2D eigenvalue weighted by Crippen LogP contribution is 2.39. The number of rotatable bonds is 5. The third-order valence-corrected chi connectivity index (χ3v) is 4.65. The van der Waals surface area contributed by atoms with Crippen LogP contribution in [0.15, 0.2) is 29.1 Å². The predicted molar refractivity (Wildman–Crippen MR) is 93.3 cm³/mol. The summed E-state index contributed by atoms with van der Waals surface area (Å²) in [6.07, 6.45) is -4.75. The van der Waals surface area contributed by atoms with Gasteiger partial charge in [-0.1, -0.05) is 12.1 Å². The minimum absolute atomic E-state index is 0.0288. The monoisotopic (exact) mass is 396 g/mol. The Balaban J connectivity index is 2.09. The molecule has 1 heterocycles. The minimum atomic E-state index is -4.84. The van der Waals surface area contributed by atoms with Gasteiger partial charge in [-0.25, -0.2) is 4.68 Å². The van der Waals surface area contributed by atoms with Crippen LogP contribution >= 0.6 is 0 Å². The molecule has 1 atom stereocenters. The van der Waals surface area contributed by atoms with Gasteiger partial charge in [0.1, 0.15) is 17.2 Å². The van der Waals surface area contributed by atoms with Crippen molar-refractivity contribution < 1.29 is 27.4 Å². The van der Waals surface area contributed by atoms with Gasteiger partial charge in [0.25, 0.3) is 5.56 Å². The Morgan fingerprint density at radius 1 is 1.29 bits per heavy atom. The smallest absolute Gasteiger partial charge is 0.422 e. The van der Waals surface area contributed by atoms with E-state index in [-0.39, 0.29) is 37.3 Å². The van der Waals surface area contributed by atoms with E-state index in [4.69, 9.17) is 9.47 Å². The quantitative estimate of drug-likeness (QED) is 0.727. The van der Waals surface area contributed by atoms with Crippen LogP contribution < -0.4 is 10.3 Å². The lowest BCUT2D eigenvalue weighted by molar-refractivity contribution is -0.145. The first kappa shape index (κ1) is 19.9. The van der Waals surface area contributed by atoms with Crippen molar-refractivity contribution in [1.82, 2.24) is 9.78 Å². The predicted octanol–water partition coefficient (Wildman–Crippen LogP) is 2.91. The number of alkyl halides is 3. The van der Waals surface area contributed by atoms with E-state index in [9.17, 15) is 22.8 Å². The van der Waals surface area contributed by atoms with Gasteiger partial charge in [0, 0.05) is 0 Å². The van der Waals surface area contributed by atoms with Gasteiger partial charge < -0.3 is 9.47 Å². The van der Waals surface area contributed by atoms with Crippen LogP contribution in [-0.4, -0.2) is 29.5 Å². The second-order valence-corrected chi connectivity index (χ2v) is 6.39. The standard InChI is InChI=1S/C19H19F3N2O4/c1-3-28-18(26)14-9-8-13-15(19(20,21)22)17(25)24(23-16(13)14)10-11-4-6-12(27-2)7-5-11/h4-7,14H,3,8-10H2,1-2H3. The van der Waals surface area contributed by atoms with Crippen LogP contribution in [0.5, 0.6) is 5.75 Å². The number of aromatic nitrogens is 2. The Kier molecular flexibility index (Phi) is 5.44. The normalized spacial score (nSPS) is 16.0. The first-order chi connectivity index (χ1) is 13.3. The molecule has 0 amide bonds. The lowest BCUT2D eigenvalue weighted by Gasteiger charge is -2.16. The number of benzene rings is 1. The number of esters is 1. The van der Waals surface area contributed by atoms with Gasteiger partial charge in [-0.3, -0.25) is 9.59 Å². The number of halogens is 3. The van der Waals surface area contributed by atoms with Crippen LogP contribution in [0.4, 0.5) is 13.2 Å². The molecule has 1 aromatic heterocycles. The summed E-state index contributed by atoms with van der Waals surface area (Å²) in [7, 11) is 1.49. The van der Waals surface area contributed by atoms with E-state index in [1.165, 1.54) is 7.11 Å². The number of carbonyl (C=O) groups excluding carboxylic acids is 1. The Labute approximate surface area is 158 Å². The Morgan fingerprint density at radius 3 is 2.54 bits per heavy atom. The highest BCUT2D eigenvalue weighted by Gasteiger charge is 2.44. The highest BCUT2D eigenvalue weighted by atomic mass is 19.4. The largest absolute Gasteiger partial charge is 0.497 e. The summed E-state index contributed by atoms with van der Waals surface area (Å²) in [5.74, 6) is -0.952. The molecule has 0 saturated heterocycles. The van der Waals surface area contributed by atoms with E-state index in [0.29, 0.717) is 11.3 Å². The third kappa shape index (κ3) is 3.74. The molecule has 2 aromatic rings. The molecule has 1 aliphatic carbocycles. The Bertz CT molecular complexity index is 936. The molecule has 0 bridgehead atoms. The molecule has 1 aromatic carbocycles. The number of methoxy groups -OCH3 is 1. The molecule has 150 valence electrons. The van der Waals surface area contributed by atoms with Crippen molar-refractivity contribution in [2.75, 3.05) is 13.7 Å². The second kappa shape index (κ2) is 7.65. The van der Waals surface area contributed by atoms with Gasteiger partial charge in [-0.05, 0) is 43.0 Å². The molecule has 0 N–H and O–H groups in total. The Hall–Kier alpha value is -2.84. The first-order valence-electron chi connectivity index (χ1n) is 8.76. The number of hydrogen-bond donors (Lipinski definition) is 0. The summed E-state index contributed by atoms with van der Waals surface area (Å²) < 4.78 is 51.6. The minimum Gasteiger partial charge on any atom is -0.497 e. The molecule has 1 aliphatic rings. The molecular formula is C19H19F3N2O4. The van der Waals surface area contributed by atoms with Crippen molar-refractivity contribution in [3.05, 3.63) is 57.0 Å². The molecule has 0 aliphatic heterocycles. The van der Waals surface area contributed by atoms with E-state index >= 15 is 0 Å². The summed E-state index contributed by atoms with van der Waals surface area (Å²) >= 11 is 0. The van der Waals surface area contributed by atoms with Crippen LogP contribution in [0, 0.1) is 0 Å². The fraction of sp³-hybridized carbons (Fsp3) is 0.421. The number of carbonyl (C=O) groups is 1. The molecule has 0 spiro atoms. The van der Waals surface area contributed by atoms with Crippen LogP contribution in [0.3, 0.4) is 0 Å². The molecule has 0 fully saturated rings. The van der Waals surface area contributed by atoms with Crippen molar-refractivity contribution in [2.24, 2.45) is 0 Å². The van der Waals surface area contributed by atoms with Crippen LogP contribution in [-0.2, 0) is 28.7 Å².